The van der Waals surface area contributed by atoms with Gasteiger partial charge in [-0.1, -0.05) is 6.92 Å². The lowest BCUT2D eigenvalue weighted by Crippen LogP contribution is -2.22. The Bertz CT molecular complexity index is 413. The van der Waals surface area contributed by atoms with E-state index in [1.54, 1.807) is 17.8 Å². The molecule has 92 valence electrons. The molecule has 16 heavy (non-hydrogen) atoms. The van der Waals surface area contributed by atoms with Gasteiger partial charge in [0.2, 0.25) is 10.0 Å². The highest BCUT2D eigenvalue weighted by atomic mass is 32.2. The molecule has 0 fully saturated rings. The molecule has 0 unspecified atom stereocenters. The van der Waals surface area contributed by atoms with E-state index in [0.717, 1.165) is 13.0 Å². The second-order valence-corrected chi connectivity index (χ2v) is 5.16. The van der Waals surface area contributed by atoms with Crippen molar-refractivity contribution in [2.45, 2.75) is 24.8 Å². The standard InChI is InChI=1S/C9H18N4O2S/c1-3-12-16(14,15)9-7-11-13(8-9)6-4-5-10-2/h7-8,10,12H,3-6H2,1-2H3. The van der Waals surface area contributed by atoms with E-state index in [1.165, 1.54) is 6.20 Å². The van der Waals surface area contributed by atoms with E-state index in [4.69, 9.17) is 0 Å². The van der Waals surface area contributed by atoms with Gasteiger partial charge in [-0.25, -0.2) is 13.1 Å². The van der Waals surface area contributed by atoms with E-state index in [1.807, 2.05) is 7.05 Å². The quantitative estimate of drug-likeness (QED) is 0.653. The smallest absolute Gasteiger partial charge is 0.243 e. The summed E-state index contributed by atoms with van der Waals surface area (Å²) in [5.41, 5.74) is 0. The summed E-state index contributed by atoms with van der Waals surface area (Å²) in [6.45, 7) is 3.72. The average Bonchev–Trinajstić information content (AvgIpc) is 2.67. The Kier molecular flexibility index (Phi) is 4.91. The van der Waals surface area contributed by atoms with Gasteiger partial charge in [0, 0.05) is 19.3 Å². The minimum Gasteiger partial charge on any atom is -0.320 e. The maximum Gasteiger partial charge on any atom is 0.243 e. The summed E-state index contributed by atoms with van der Waals surface area (Å²) in [7, 11) is -1.49. The van der Waals surface area contributed by atoms with Crippen LogP contribution in [0.4, 0.5) is 0 Å². The third-order valence-electron chi connectivity index (χ3n) is 2.07. The molecule has 0 radical (unpaired) electrons. The molecule has 0 saturated carbocycles. The van der Waals surface area contributed by atoms with Gasteiger partial charge in [-0.05, 0) is 20.0 Å². The highest BCUT2D eigenvalue weighted by Gasteiger charge is 2.14. The number of sulfonamides is 1. The van der Waals surface area contributed by atoms with E-state index in [-0.39, 0.29) is 4.90 Å². The van der Waals surface area contributed by atoms with Crippen molar-refractivity contribution >= 4 is 10.0 Å². The fourth-order valence-electron chi connectivity index (χ4n) is 1.30. The van der Waals surface area contributed by atoms with Gasteiger partial charge in [0.15, 0.2) is 0 Å². The SMILES string of the molecule is CCNS(=O)(=O)c1cnn(CCCNC)c1. The van der Waals surface area contributed by atoms with Gasteiger partial charge in [0.1, 0.15) is 4.90 Å². The normalized spacial score (nSPS) is 11.9. The molecule has 0 atom stereocenters. The van der Waals surface area contributed by atoms with Crippen molar-refractivity contribution in [3.8, 4) is 0 Å². The van der Waals surface area contributed by atoms with Crippen molar-refractivity contribution in [3.63, 3.8) is 0 Å². The summed E-state index contributed by atoms with van der Waals surface area (Å²) in [6.07, 6.45) is 3.84. The van der Waals surface area contributed by atoms with Gasteiger partial charge in [-0.15, -0.1) is 0 Å². The van der Waals surface area contributed by atoms with Crippen molar-refractivity contribution in [1.82, 2.24) is 19.8 Å². The largest absolute Gasteiger partial charge is 0.320 e. The maximum atomic E-state index is 11.6. The Hall–Kier alpha value is -0.920. The van der Waals surface area contributed by atoms with Crippen LogP contribution in [0.2, 0.25) is 0 Å². The van der Waals surface area contributed by atoms with Crippen LogP contribution in [0.3, 0.4) is 0 Å². The summed E-state index contributed by atoms with van der Waals surface area (Å²) < 4.78 is 27.3. The molecule has 0 amide bonds. The third kappa shape index (κ3) is 3.58. The molecular weight excluding hydrogens is 228 g/mol. The van der Waals surface area contributed by atoms with Crippen LogP contribution in [-0.2, 0) is 16.6 Å². The molecular formula is C9H18N4O2S. The van der Waals surface area contributed by atoms with Gasteiger partial charge in [0.25, 0.3) is 0 Å². The number of rotatable bonds is 7. The lowest BCUT2D eigenvalue weighted by molar-refractivity contribution is 0.560. The fraction of sp³-hybridized carbons (Fsp3) is 0.667. The molecule has 0 spiro atoms. The number of nitrogens with one attached hydrogen (secondary N) is 2. The first-order valence-electron chi connectivity index (χ1n) is 5.27. The van der Waals surface area contributed by atoms with Gasteiger partial charge < -0.3 is 5.32 Å². The predicted octanol–water partition coefficient (Wildman–Crippen LogP) is -0.209. The predicted molar refractivity (Wildman–Crippen MR) is 61.6 cm³/mol. The number of hydrogen-bond donors (Lipinski definition) is 2. The Labute approximate surface area is 96.1 Å². The van der Waals surface area contributed by atoms with E-state index >= 15 is 0 Å². The number of aryl methyl sites for hydroxylation is 1. The first-order chi connectivity index (χ1) is 7.60. The summed E-state index contributed by atoms with van der Waals surface area (Å²) in [6, 6.07) is 0. The Morgan fingerprint density at radius 1 is 1.50 bits per heavy atom. The van der Waals surface area contributed by atoms with Gasteiger partial charge in [0.05, 0.1) is 6.20 Å². The minimum atomic E-state index is -3.37. The maximum absolute atomic E-state index is 11.6. The Morgan fingerprint density at radius 3 is 2.88 bits per heavy atom. The fourth-order valence-corrected chi connectivity index (χ4v) is 2.29. The molecule has 0 aliphatic heterocycles. The van der Waals surface area contributed by atoms with Crippen LogP contribution in [0.1, 0.15) is 13.3 Å². The van der Waals surface area contributed by atoms with Crippen LogP contribution in [0.5, 0.6) is 0 Å². The molecule has 0 aliphatic rings. The molecule has 1 heterocycles. The zero-order valence-corrected chi connectivity index (χ0v) is 10.4. The molecule has 2 N–H and O–H groups in total. The topological polar surface area (TPSA) is 76.0 Å². The summed E-state index contributed by atoms with van der Waals surface area (Å²) >= 11 is 0. The number of nitrogens with zero attached hydrogens (tertiary/aromatic N) is 2. The van der Waals surface area contributed by atoms with Crippen LogP contribution < -0.4 is 10.0 Å². The lowest BCUT2D eigenvalue weighted by atomic mass is 10.4. The molecule has 6 nitrogen and oxygen atoms in total. The van der Waals surface area contributed by atoms with E-state index in [0.29, 0.717) is 13.1 Å². The summed E-state index contributed by atoms with van der Waals surface area (Å²) in [5.74, 6) is 0. The zero-order valence-electron chi connectivity index (χ0n) is 9.60. The first kappa shape index (κ1) is 13.1. The molecule has 0 bridgehead atoms. The number of hydrogen-bond acceptors (Lipinski definition) is 4. The lowest BCUT2D eigenvalue weighted by Gasteiger charge is -2.01. The molecule has 0 saturated heterocycles. The molecule has 1 aromatic heterocycles. The first-order valence-corrected chi connectivity index (χ1v) is 6.75. The van der Waals surface area contributed by atoms with Crippen molar-refractivity contribution in [2.24, 2.45) is 0 Å². The van der Waals surface area contributed by atoms with Crippen LogP contribution >= 0.6 is 0 Å². The second-order valence-electron chi connectivity index (χ2n) is 3.40. The van der Waals surface area contributed by atoms with Crippen LogP contribution in [-0.4, -0.2) is 38.3 Å². The number of aromatic nitrogens is 2. The van der Waals surface area contributed by atoms with Gasteiger partial charge >= 0.3 is 0 Å². The van der Waals surface area contributed by atoms with Crippen molar-refractivity contribution in [1.29, 1.82) is 0 Å². The zero-order chi connectivity index (χ0) is 12.0. The average molecular weight is 246 g/mol. The Morgan fingerprint density at radius 2 is 2.25 bits per heavy atom. The monoisotopic (exact) mass is 246 g/mol. The van der Waals surface area contributed by atoms with Crippen molar-refractivity contribution in [2.75, 3.05) is 20.1 Å². The highest BCUT2D eigenvalue weighted by molar-refractivity contribution is 7.89. The minimum absolute atomic E-state index is 0.221. The molecule has 0 aliphatic carbocycles. The van der Waals surface area contributed by atoms with E-state index < -0.39 is 10.0 Å². The van der Waals surface area contributed by atoms with Crippen molar-refractivity contribution in [3.05, 3.63) is 12.4 Å². The molecule has 1 aromatic rings. The Balaban J connectivity index is 2.64. The second kappa shape index (κ2) is 5.97. The van der Waals surface area contributed by atoms with Crippen LogP contribution in [0.25, 0.3) is 0 Å². The summed E-state index contributed by atoms with van der Waals surface area (Å²) in [5, 5.41) is 7.03. The molecule has 1 rings (SSSR count). The third-order valence-corrected chi connectivity index (χ3v) is 3.57. The van der Waals surface area contributed by atoms with Crippen LogP contribution in [0.15, 0.2) is 17.3 Å². The molecule has 7 heteroatoms. The van der Waals surface area contributed by atoms with Crippen molar-refractivity contribution < 1.29 is 8.42 Å². The van der Waals surface area contributed by atoms with E-state index in [2.05, 4.69) is 15.1 Å². The van der Waals surface area contributed by atoms with Crippen LogP contribution in [0, 0.1) is 0 Å². The van der Waals surface area contributed by atoms with Gasteiger partial charge in [-0.2, -0.15) is 5.10 Å². The highest BCUT2D eigenvalue weighted by Crippen LogP contribution is 2.06. The molecule has 0 aromatic carbocycles. The summed E-state index contributed by atoms with van der Waals surface area (Å²) in [4.78, 5) is 0.221. The van der Waals surface area contributed by atoms with Gasteiger partial charge in [-0.3, -0.25) is 4.68 Å². The van der Waals surface area contributed by atoms with E-state index in [9.17, 15) is 8.42 Å².